The Labute approximate surface area is 71.0 Å². The first-order chi connectivity index (χ1) is 5.27. The summed E-state index contributed by atoms with van der Waals surface area (Å²) >= 11 is 1.83. The van der Waals surface area contributed by atoms with E-state index in [1.165, 1.54) is 10.6 Å². The summed E-state index contributed by atoms with van der Waals surface area (Å²) in [4.78, 5) is 4.61. The Morgan fingerprint density at radius 2 is 2.27 bits per heavy atom. The van der Waals surface area contributed by atoms with Crippen molar-refractivity contribution < 1.29 is 0 Å². The van der Waals surface area contributed by atoms with Crippen molar-refractivity contribution in [1.29, 1.82) is 0 Å². The third-order valence-corrected chi connectivity index (χ3v) is 3.03. The molecule has 0 N–H and O–H groups in total. The molecule has 60 valence electrons. The topological polar surface area (TPSA) is 6.48 Å². The molecule has 1 aromatic heterocycles. The molecule has 0 atom stereocenters. The standard InChI is InChI=1S/C8H12N2S/c1-9-5-7-3-4-11-8(7)10(2)6-9/h3-4H,5-6H2,1-2H3. The van der Waals surface area contributed by atoms with E-state index in [0.29, 0.717) is 0 Å². The fourth-order valence-electron chi connectivity index (χ4n) is 1.55. The van der Waals surface area contributed by atoms with Crippen molar-refractivity contribution in [2.24, 2.45) is 0 Å². The molecule has 11 heavy (non-hydrogen) atoms. The van der Waals surface area contributed by atoms with E-state index in [0.717, 1.165) is 13.2 Å². The van der Waals surface area contributed by atoms with Crippen LogP contribution in [-0.2, 0) is 6.54 Å². The van der Waals surface area contributed by atoms with Gasteiger partial charge in [0, 0.05) is 19.2 Å². The van der Waals surface area contributed by atoms with Crippen LogP contribution in [-0.4, -0.2) is 25.7 Å². The first kappa shape index (κ1) is 7.13. The Hall–Kier alpha value is -0.540. The number of hydrogen-bond acceptors (Lipinski definition) is 3. The average molecular weight is 168 g/mol. The summed E-state index contributed by atoms with van der Waals surface area (Å²) in [5.74, 6) is 0. The third-order valence-electron chi connectivity index (χ3n) is 1.96. The maximum atomic E-state index is 2.31. The molecular weight excluding hydrogens is 156 g/mol. The number of hydrogen-bond donors (Lipinski definition) is 0. The van der Waals surface area contributed by atoms with Crippen LogP contribution >= 0.6 is 11.3 Å². The highest BCUT2D eigenvalue weighted by Gasteiger charge is 2.17. The minimum Gasteiger partial charge on any atom is -0.353 e. The van der Waals surface area contributed by atoms with E-state index in [1.807, 2.05) is 11.3 Å². The molecule has 0 fully saturated rings. The highest BCUT2D eigenvalue weighted by Crippen LogP contribution is 2.30. The third kappa shape index (κ3) is 1.14. The van der Waals surface area contributed by atoms with Crippen LogP contribution in [0.2, 0.25) is 0 Å². The molecule has 0 saturated heterocycles. The average Bonchev–Trinajstić information content (AvgIpc) is 2.34. The molecule has 1 aliphatic rings. The van der Waals surface area contributed by atoms with Gasteiger partial charge >= 0.3 is 0 Å². The fraction of sp³-hybridized carbons (Fsp3) is 0.500. The van der Waals surface area contributed by atoms with Crippen molar-refractivity contribution in [2.45, 2.75) is 6.54 Å². The molecule has 2 nitrogen and oxygen atoms in total. The Balaban J connectivity index is 2.36. The van der Waals surface area contributed by atoms with E-state index in [-0.39, 0.29) is 0 Å². The predicted molar refractivity (Wildman–Crippen MR) is 49.1 cm³/mol. The lowest BCUT2D eigenvalue weighted by Gasteiger charge is -2.31. The van der Waals surface area contributed by atoms with Gasteiger partial charge in [-0.15, -0.1) is 11.3 Å². The van der Waals surface area contributed by atoms with Gasteiger partial charge in [0.2, 0.25) is 0 Å². The van der Waals surface area contributed by atoms with Crippen LogP contribution < -0.4 is 4.90 Å². The highest BCUT2D eigenvalue weighted by molar-refractivity contribution is 7.14. The minimum absolute atomic E-state index is 1.05. The number of fused-ring (bicyclic) bond motifs is 1. The molecule has 0 radical (unpaired) electrons. The first-order valence-electron chi connectivity index (χ1n) is 3.73. The van der Waals surface area contributed by atoms with Crippen molar-refractivity contribution in [3.8, 4) is 0 Å². The van der Waals surface area contributed by atoms with Crippen LogP contribution in [0.5, 0.6) is 0 Å². The molecule has 3 heteroatoms. The van der Waals surface area contributed by atoms with Crippen molar-refractivity contribution in [1.82, 2.24) is 4.90 Å². The number of rotatable bonds is 0. The lowest BCUT2D eigenvalue weighted by atomic mass is 10.2. The largest absolute Gasteiger partial charge is 0.353 e. The normalized spacial score (nSPS) is 18.5. The van der Waals surface area contributed by atoms with Crippen LogP contribution in [0.15, 0.2) is 11.4 Å². The molecule has 2 rings (SSSR count). The number of nitrogens with zero attached hydrogens (tertiary/aromatic N) is 2. The quantitative estimate of drug-likeness (QED) is 0.580. The van der Waals surface area contributed by atoms with E-state index >= 15 is 0 Å². The van der Waals surface area contributed by atoms with Crippen molar-refractivity contribution in [2.75, 3.05) is 25.7 Å². The van der Waals surface area contributed by atoms with Crippen molar-refractivity contribution in [3.63, 3.8) is 0 Å². The van der Waals surface area contributed by atoms with Gasteiger partial charge in [0.1, 0.15) is 0 Å². The molecule has 0 unspecified atom stereocenters. The number of anilines is 1. The Morgan fingerprint density at radius 3 is 3.09 bits per heavy atom. The van der Waals surface area contributed by atoms with Crippen LogP contribution in [0.3, 0.4) is 0 Å². The van der Waals surface area contributed by atoms with E-state index in [9.17, 15) is 0 Å². The highest BCUT2D eigenvalue weighted by atomic mass is 32.1. The summed E-state index contributed by atoms with van der Waals surface area (Å²) in [5.41, 5.74) is 1.46. The van der Waals surface area contributed by atoms with Gasteiger partial charge < -0.3 is 4.90 Å². The summed E-state index contributed by atoms with van der Waals surface area (Å²) in [6.45, 7) is 2.15. The molecule has 0 aromatic carbocycles. The zero-order valence-electron chi connectivity index (χ0n) is 6.87. The molecule has 0 aliphatic carbocycles. The lowest BCUT2D eigenvalue weighted by Crippen LogP contribution is -2.36. The molecule has 1 aliphatic heterocycles. The zero-order chi connectivity index (χ0) is 7.84. The van der Waals surface area contributed by atoms with E-state index in [4.69, 9.17) is 0 Å². The van der Waals surface area contributed by atoms with Crippen LogP contribution in [0.1, 0.15) is 5.56 Å². The van der Waals surface area contributed by atoms with E-state index in [1.54, 1.807) is 0 Å². The molecule has 2 heterocycles. The Bertz CT molecular complexity index is 256. The smallest absolute Gasteiger partial charge is 0.0962 e. The monoisotopic (exact) mass is 168 g/mol. The minimum atomic E-state index is 1.05. The van der Waals surface area contributed by atoms with Gasteiger partial charge in [-0.2, -0.15) is 0 Å². The van der Waals surface area contributed by atoms with Gasteiger partial charge in [-0.1, -0.05) is 0 Å². The molecule has 0 bridgehead atoms. The van der Waals surface area contributed by atoms with Gasteiger partial charge in [-0.3, -0.25) is 4.90 Å². The summed E-state index contributed by atoms with van der Waals surface area (Å²) < 4.78 is 0. The zero-order valence-corrected chi connectivity index (χ0v) is 7.69. The summed E-state index contributed by atoms with van der Waals surface area (Å²) in [7, 11) is 4.29. The second-order valence-electron chi connectivity index (χ2n) is 3.10. The van der Waals surface area contributed by atoms with Crippen molar-refractivity contribution in [3.05, 3.63) is 17.0 Å². The van der Waals surface area contributed by atoms with E-state index in [2.05, 4.69) is 35.3 Å². The molecule has 0 saturated carbocycles. The van der Waals surface area contributed by atoms with E-state index < -0.39 is 0 Å². The second kappa shape index (κ2) is 2.50. The number of thiophene rings is 1. The molecule has 0 spiro atoms. The Morgan fingerprint density at radius 1 is 1.45 bits per heavy atom. The first-order valence-corrected chi connectivity index (χ1v) is 4.61. The van der Waals surface area contributed by atoms with Crippen LogP contribution in [0, 0.1) is 0 Å². The van der Waals surface area contributed by atoms with Gasteiger partial charge in [0.25, 0.3) is 0 Å². The summed E-state index contributed by atoms with van der Waals surface area (Å²) in [6.07, 6.45) is 0. The Kier molecular flexibility index (Phi) is 1.62. The molecular formula is C8H12N2S. The second-order valence-corrected chi connectivity index (χ2v) is 4.00. The van der Waals surface area contributed by atoms with Gasteiger partial charge in [0.05, 0.1) is 11.7 Å². The summed E-state index contributed by atoms with van der Waals surface area (Å²) in [6, 6.07) is 2.21. The van der Waals surface area contributed by atoms with Gasteiger partial charge in [-0.25, -0.2) is 0 Å². The fourth-order valence-corrected chi connectivity index (χ4v) is 2.43. The lowest BCUT2D eigenvalue weighted by molar-refractivity contribution is 0.318. The maximum absolute atomic E-state index is 2.31. The predicted octanol–water partition coefficient (Wildman–Crippen LogP) is 1.59. The molecule has 0 amide bonds. The van der Waals surface area contributed by atoms with Gasteiger partial charge in [0.15, 0.2) is 0 Å². The van der Waals surface area contributed by atoms with Crippen molar-refractivity contribution >= 4 is 16.3 Å². The van der Waals surface area contributed by atoms with Crippen LogP contribution in [0.4, 0.5) is 5.00 Å². The SMILES string of the molecule is CN1Cc2ccsc2N(C)C1. The maximum Gasteiger partial charge on any atom is 0.0962 e. The molecule has 1 aromatic rings. The van der Waals surface area contributed by atoms with Gasteiger partial charge in [-0.05, 0) is 18.5 Å². The summed E-state index contributed by atoms with van der Waals surface area (Å²) in [5, 5.41) is 3.60. The van der Waals surface area contributed by atoms with Crippen LogP contribution in [0.25, 0.3) is 0 Å².